The second-order valence-corrected chi connectivity index (χ2v) is 4.98. The molecule has 2 atom stereocenters. The van der Waals surface area contributed by atoms with Gasteiger partial charge in [0.1, 0.15) is 17.5 Å². The summed E-state index contributed by atoms with van der Waals surface area (Å²) < 4.78 is 40.7. The van der Waals surface area contributed by atoms with Crippen molar-refractivity contribution in [1.82, 2.24) is 0 Å². The van der Waals surface area contributed by atoms with Crippen LogP contribution in [0, 0.1) is 24.4 Å². The van der Waals surface area contributed by atoms with Crippen LogP contribution in [0.25, 0.3) is 0 Å². The minimum absolute atomic E-state index is 0.0415. The SMILES string of the molecule is Cc1ccc(C(O)C(CN)c2ccc(F)cc2F)c(F)c1. The molecule has 0 radical (unpaired) electrons. The summed E-state index contributed by atoms with van der Waals surface area (Å²) in [5.41, 5.74) is 6.40. The number of halogens is 3. The van der Waals surface area contributed by atoms with Crippen LogP contribution in [0.1, 0.15) is 28.7 Å². The lowest BCUT2D eigenvalue weighted by Gasteiger charge is -2.23. The Morgan fingerprint density at radius 3 is 2.19 bits per heavy atom. The van der Waals surface area contributed by atoms with Crippen LogP contribution in [0.2, 0.25) is 0 Å². The minimum atomic E-state index is -1.31. The van der Waals surface area contributed by atoms with Gasteiger partial charge in [0.15, 0.2) is 0 Å². The normalized spacial score (nSPS) is 14.0. The molecule has 0 aromatic heterocycles. The van der Waals surface area contributed by atoms with E-state index in [0.717, 1.165) is 12.1 Å². The Morgan fingerprint density at radius 1 is 1.00 bits per heavy atom. The molecular weight excluding hydrogens is 279 g/mol. The van der Waals surface area contributed by atoms with Crippen molar-refractivity contribution in [1.29, 1.82) is 0 Å². The topological polar surface area (TPSA) is 46.2 Å². The zero-order valence-corrected chi connectivity index (χ0v) is 11.5. The highest BCUT2D eigenvalue weighted by Gasteiger charge is 2.26. The predicted octanol–water partition coefficient (Wildman–Crippen LogP) is 3.19. The predicted molar refractivity (Wildman–Crippen MR) is 74.3 cm³/mol. The van der Waals surface area contributed by atoms with E-state index in [2.05, 4.69) is 0 Å². The van der Waals surface area contributed by atoms with Crippen LogP contribution >= 0.6 is 0 Å². The van der Waals surface area contributed by atoms with Crippen LogP contribution in [0.4, 0.5) is 13.2 Å². The lowest BCUT2D eigenvalue weighted by molar-refractivity contribution is 0.141. The van der Waals surface area contributed by atoms with Crippen LogP contribution in [-0.4, -0.2) is 11.7 Å². The van der Waals surface area contributed by atoms with Gasteiger partial charge in [0.2, 0.25) is 0 Å². The van der Waals surface area contributed by atoms with E-state index in [-0.39, 0.29) is 17.7 Å². The summed E-state index contributed by atoms with van der Waals surface area (Å²) >= 11 is 0. The molecule has 0 amide bonds. The summed E-state index contributed by atoms with van der Waals surface area (Å²) in [6.45, 7) is 1.62. The first-order valence-electron chi connectivity index (χ1n) is 6.53. The molecule has 2 aromatic carbocycles. The summed E-state index contributed by atoms with van der Waals surface area (Å²) in [5, 5.41) is 10.3. The van der Waals surface area contributed by atoms with E-state index in [9.17, 15) is 18.3 Å². The molecule has 0 aliphatic heterocycles. The van der Waals surface area contributed by atoms with Gasteiger partial charge in [-0.25, -0.2) is 13.2 Å². The molecule has 0 bridgehead atoms. The molecule has 3 N–H and O–H groups in total. The van der Waals surface area contributed by atoms with Gasteiger partial charge < -0.3 is 10.8 Å². The van der Waals surface area contributed by atoms with Crippen molar-refractivity contribution in [2.24, 2.45) is 5.73 Å². The van der Waals surface area contributed by atoms with Gasteiger partial charge in [-0.1, -0.05) is 18.2 Å². The Balaban J connectivity index is 2.40. The van der Waals surface area contributed by atoms with Gasteiger partial charge in [-0.05, 0) is 30.2 Å². The summed E-state index contributed by atoms with van der Waals surface area (Å²) in [6.07, 6.45) is -1.31. The largest absolute Gasteiger partial charge is 0.388 e. The number of hydrogen-bond donors (Lipinski definition) is 2. The zero-order chi connectivity index (χ0) is 15.6. The maximum absolute atomic E-state index is 13.9. The van der Waals surface area contributed by atoms with Crippen molar-refractivity contribution in [3.8, 4) is 0 Å². The van der Waals surface area contributed by atoms with E-state index in [0.29, 0.717) is 5.56 Å². The van der Waals surface area contributed by atoms with Gasteiger partial charge in [-0.15, -0.1) is 0 Å². The monoisotopic (exact) mass is 295 g/mol. The minimum Gasteiger partial charge on any atom is -0.388 e. The van der Waals surface area contributed by atoms with E-state index in [1.807, 2.05) is 0 Å². The van der Waals surface area contributed by atoms with Gasteiger partial charge in [0.25, 0.3) is 0 Å². The first-order chi connectivity index (χ1) is 9.93. The Hall–Kier alpha value is -1.85. The second-order valence-electron chi connectivity index (χ2n) is 4.98. The van der Waals surface area contributed by atoms with Crippen molar-refractivity contribution >= 4 is 0 Å². The molecule has 112 valence electrons. The van der Waals surface area contributed by atoms with E-state index in [4.69, 9.17) is 5.73 Å². The Morgan fingerprint density at radius 2 is 1.62 bits per heavy atom. The van der Waals surface area contributed by atoms with Gasteiger partial charge in [-0.2, -0.15) is 0 Å². The fourth-order valence-corrected chi connectivity index (χ4v) is 2.32. The molecule has 2 unspecified atom stereocenters. The maximum Gasteiger partial charge on any atom is 0.129 e. The molecule has 2 rings (SSSR count). The average molecular weight is 295 g/mol. The Bertz CT molecular complexity index is 645. The van der Waals surface area contributed by atoms with Gasteiger partial charge in [0, 0.05) is 24.1 Å². The lowest BCUT2D eigenvalue weighted by Crippen LogP contribution is -2.22. The highest BCUT2D eigenvalue weighted by molar-refractivity contribution is 5.31. The molecule has 21 heavy (non-hydrogen) atoms. The number of benzene rings is 2. The highest BCUT2D eigenvalue weighted by Crippen LogP contribution is 2.33. The molecule has 0 aliphatic carbocycles. The van der Waals surface area contributed by atoms with Crippen LogP contribution in [0.5, 0.6) is 0 Å². The second kappa shape index (κ2) is 6.28. The lowest BCUT2D eigenvalue weighted by atomic mass is 9.88. The molecule has 0 aliphatic rings. The molecule has 5 heteroatoms. The Labute approximate surface area is 121 Å². The summed E-state index contributed by atoms with van der Waals surface area (Å²) in [6, 6.07) is 7.40. The van der Waals surface area contributed by atoms with Crippen molar-refractivity contribution in [2.45, 2.75) is 18.9 Å². The van der Waals surface area contributed by atoms with Crippen LogP contribution in [-0.2, 0) is 0 Å². The number of nitrogens with two attached hydrogens (primary N) is 1. The number of aliphatic hydroxyl groups is 1. The van der Waals surface area contributed by atoms with Crippen LogP contribution in [0.15, 0.2) is 36.4 Å². The third-order valence-corrected chi connectivity index (χ3v) is 3.47. The summed E-state index contributed by atoms with van der Waals surface area (Å²) in [7, 11) is 0. The third-order valence-electron chi connectivity index (χ3n) is 3.47. The van der Waals surface area contributed by atoms with Crippen LogP contribution < -0.4 is 5.73 Å². The van der Waals surface area contributed by atoms with E-state index in [1.165, 1.54) is 18.2 Å². The number of rotatable bonds is 4. The van der Waals surface area contributed by atoms with E-state index < -0.39 is 29.5 Å². The van der Waals surface area contributed by atoms with Crippen molar-refractivity contribution in [3.05, 3.63) is 70.5 Å². The zero-order valence-electron chi connectivity index (χ0n) is 11.5. The Kier molecular flexibility index (Phi) is 4.65. The summed E-state index contributed by atoms with van der Waals surface area (Å²) in [5.74, 6) is -2.97. The maximum atomic E-state index is 13.9. The third kappa shape index (κ3) is 3.25. The average Bonchev–Trinajstić information content (AvgIpc) is 2.41. The molecule has 0 spiro atoms. The standard InChI is InChI=1S/C16H16F3NO/c1-9-2-4-12(14(18)6-9)16(21)13(8-20)11-5-3-10(17)7-15(11)19/h2-7,13,16,21H,8,20H2,1H3. The number of aryl methyl sites for hydroxylation is 1. The van der Waals surface area contributed by atoms with Gasteiger partial charge in [0.05, 0.1) is 6.10 Å². The molecule has 2 nitrogen and oxygen atoms in total. The van der Waals surface area contributed by atoms with Crippen molar-refractivity contribution < 1.29 is 18.3 Å². The van der Waals surface area contributed by atoms with E-state index in [1.54, 1.807) is 13.0 Å². The fourth-order valence-electron chi connectivity index (χ4n) is 2.32. The van der Waals surface area contributed by atoms with E-state index >= 15 is 0 Å². The summed E-state index contributed by atoms with van der Waals surface area (Å²) in [4.78, 5) is 0. The first-order valence-corrected chi connectivity index (χ1v) is 6.53. The molecule has 0 saturated heterocycles. The molecule has 0 saturated carbocycles. The number of aliphatic hydroxyl groups excluding tert-OH is 1. The van der Waals surface area contributed by atoms with Gasteiger partial charge in [-0.3, -0.25) is 0 Å². The number of hydrogen-bond acceptors (Lipinski definition) is 2. The smallest absolute Gasteiger partial charge is 0.129 e. The van der Waals surface area contributed by atoms with Crippen LogP contribution in [0.3, 0.4) is 0 Å². The quantitative estimate of drug-likeness (QED) is 0.910. The molecule has 0 heterocycles. The molecule has 0 fully saturated rings. The van der Waals surface area contributed by atoms with Gasteiger partial charge >= 0.3 is 0 Å². The molecule has 2 aromatic rings. The first kappa shape index (κ1) is 15.5. The van der Waals surface area contributed by atoms with Crippen molar-refractivity contribution in [3.63, 3.8) is 0 Å². The molecular formula is C16H16F3NO. The fraction of sp³-hybridized carbons (Fsp3) is 0.250. The highest BCUT2D eigenvalue weighted by atomic mass is 19.1. The van der Waals surface area contributed by atoms with Crippen molar-refractivity contribution in [2.75, 3.05) is 6.54 Å².